The van der Waals surface area contributed by atoms with Crippen LogP contribution >= 0.6 is 11.8 Å². The minimum Gasteiger partial charge on any atom is -0.445 e. The van der Waals surface area contributed by atoms with E-state index in [9.17, 15) is 38.4 Å². The summed E-state index contributed by atoms with van der Waals surface area (Å²) < 4.78 is 5.33. The minimum absolute atomic E-state index is 0.103. The van der Waals surface area contributed by atoms with Crippen molar-refractivity contribution in [2.45, 2.75) is 103 Å². The molecule has 0 aliphatic carbocycles. The number of hydrogen-bond acceptors (Lipinski definition) is 10. The molecule has 0 spiro atoms. The number of hydrogen-bond donors (Lipinski definition) is 6. The van der Waals surface area contributed by atoms with Crippen molar-refractivity contribution in [1.82, 2.24) is 25.8 Å². The van der Waals surface area contributed by atoms with Gasteiger partial charge in [-0.1, -0.05) is 46.2 Å². The third kappa shape index (κ3) is 14.5. The molecule has 1 saturated heterocycles. The molecule has 0 saturated carbocycles. The van der Waals surface area contributed by atoms with Gasteiger partial charge in [0.25, 0.3) is 0 Å². The first-order valence-electron chi connectivity index (χ1n) is 18.0. The smallest absolute Gasteiger partial charge is 0.410 e. The fourth-order valence-corrected chi connectivity index (χ4v) is 6.51. The molecule has 4 atom stereocenters. The van der Waals surface area contributed by atoms with Crippen molar-refractivity contribution in [1.29, 1.82) is 0 Å². The maximum absolute atomic E-state index is 13.5. The Morgan fingerprint density at radius 1 is 0.926 bits per heavy atom. The molecule has 18 heteroatoms. The van der Waals surface area contributed by atoms with Crippen molar-refractivity contribution in [3.05, 3.63) is 29.8 Å². The second kappa shape index (κ2) is 22.4. The number of unbranched alkanes of at least 4 members (excludes halogenated alkanes) is 2. The lowest BCUT2D eigenvalue weighted by molar-refractivity contribution is -0.138. The lowest BCUT2D eigenvalue weighted by Gasteiger charge is -2.27. The van der Waals surface area contributed by atoms with Crippen molar-refractivity contribution in [2.24, 2.45) is 23.3 Å². The fraction of sp³-hybridized carbons (Fsp3) is 0.611. The quantitative estimate of drug-likeness (QED) is 0.0736. The Morgan fingerprint density at radius 3 is 2.15 bits per heavy atom. The number of thioether (sulfide) groups is 1. The Labute approximate surface area is 320 Å². The second-order valence-corrected chi connectivity index (χ2v) is 14.9. The van der Waals surface area contributed by atoms with E-state index in [4.69, 9.17) is 16.2 Å². The van der Waals surface area contributed by atoms with E-state index in [1.807, 2.05) is 0 Å². The van der Waals surface area contributed by atoms with Crippen LogP contribution in [0, 0.1) is 11.8 Å². The molecule has 17 nitrogen and oxygen atoms in total. The Kier molecular flexibility index (Phi) is 18.8. The number of ether oxygens (including phenoxy) is 1. The molecule has 1 aromatic carbocycles. The summed E-state index contributed by atoms with van der Waals surface area (Å²) in [5.74, 6) is -2.98. The zero-order chi connectivity index (χ0) is 40.5. The van der Waals surface area contributed by atoms with Crippen LogP contribution in [-0.4, -0.2) is 107 Å². The molecule has 54 heavy (non-hydrogen) atoms. The van der Waals surface area contributed by atoms with Crippen LogP contribution in [0.1, 0.15) is 78.2 Å². The Hall–Kier alpha value is -4.87. The average molecular weight is 777 g/mol. The van der Waals surface area contributed by atoms with Crippen molar-refractivity contribution in [2.75, 3.05) is 31.7 Å². The number of nitrogens with one attached hydrogen (secondary N) is 4. The Bertz CT molecular complexity index is 1490. The molecular formula is C36H56N8O9S. The number of nitrogens with two attached hydrogens (primary N) is 2. The zero-order valence-corrected chi connectivity index (χ0v) is 32.8. The van der Waals surface area contributed by atoms with Crippen LogP contribution < -0.4 is 32.7 Å². The maximum atomic E-state index is 13.5. The summed E-state index contributed by atoms with van der Waals surface area (Å²) >= 11 is 1.36. The second-order valence-electron chi connectivity index (χ2n) is 13.8. The standard InChI is InChI=1S/C36H56N8O9S/c1-21(2)29(42-27(45)12-8-7-9-18-44-28(46)19-26(54-6)34(44)50)33(49)41-25(11-10-17-39-35(38)51)32(48)40-24-15-13-23(14-16-24)20-53-36(52)43(5)30(22(3)4)31(37)47/h13-16,21-22,25-26,29-30H,7-12,17-20H2,1-6H3,(H2,37,47)(H,40,48)(H,41,49)(H,42,45)(H3,38,39,51)/t25-,26?,29-,30-/m0/s1. The summed E-state index contributed by atoms with van der Waals surface area (Å²) in [6, 6.07) is 2.92. The number of amides is 9. The van der Waals surface area contributed by atoms with E-state index >= 15 is 0 Å². The Balaban J connectivity index is 1.97. The normalized spacial score (nSPS) is 15.7. The molecule has 1 aromatic rings. The summed E-state index contributed by atoms with van der Waals surface area (Å²) in [5.41, 5.74) is 11.6. The Morgan fingerprint density at radius 2 is 1.59 bits per heavy atom. The molecule has 9 amide bonds. The molecule has 1 heterocycles. The number of carbonyl (C=O) groups is 8. The first-order valence-corrected chi connectivity index (χ1v) is 19.3. The third-order valence-corrected chi connectivity index (χ3v) is 9.79. The van der Waals surface area contributed by atoms with Gasteiger partial charge in [-0.25, -0.2) is 9.59 Å². The number of imide groups is 1. The van der Waals surface area contributed by atoms with Gasteiger partial charge in [-0.3, -0.25) is 38.6 Å². The number of benzene rings is 1. The van der Waals surface area contributed by atoms with Gasteiger partial charge in [0.2, 0.25) is 35.4 Å². The van der Waals surface area contributed by atoms with E-state index in [1.165, 1.54) is 23.7 Å². The topological polar surface area (TPSA) is 252 Å². The van der Waals surface area contributed by atoms with Gasteiger partial charge in [0.15, 0.2) is 0 Å². The van der Waals surface area contributed by atoms with Crippen LogP contribution in [0.4, 0.5) is 15.3 Å². The van der Waals surface area contributed by atoms with Crippen molar-refractivity contribution < 1.29 is 43.1 Å². The van der Waals surface area contributed by atoms with Gasteiger partial charge in [0.05, 0.1) is 5.25 Å². The maximum Gasteiger partial charge on any atom is 0.410 e. The van der Waals surface area contributed by atoms with Gasteiger partial charge >= 0.3 is 12.1 Å². The van der Waals surface area contributed by atoms with Gasteiger partial charge in [-0.15, -0.1) is 0 Å². The monoisotopic (exact) mass is 776 g/mol. The van der Waals surface area contributed by atoms with E-state index in [1.54, 1.807) is 58.2 Å². The highest BCUT2D eigenvalue weighted by Crippen LogP contribution is 2.23. The third-order valence-electron chi connectivity index (χ3n) is 8.85. The van der Waals surface area contributed by atoms with Crippen molar-refractivity contribution >= 4 is 65.0 Å². The van der Waals surface area contributed by atoms with E-state index in [-0.39, 0.29) is 67.2 Å². The van der Waals surface area contributed by atoms with Gasteiger partial charge in [-0.2, -0.15) is 11.8 Å². The number of rotatable bonds is 22. The molecular weight excluding hydrogens is 721 g/mol. The number of carbonyl (C=O) groups excluding carboxylic acids is 8. The molecule has 0 radical (unpaired) electrons. The van der Waals surface area contributed by atoms with Crippen LogP contribution in [0.2, 0.25) is 0 Å². The highest BCUT2D eigenvalue weighted by molar-refractivity contribution is 8.00. The van der Waals surface area contributed by atoms with Gasteiger partial charge < -0.3 is 37.5 Å². The van der Waals surface area contributed by atoms with E-state index < -0.39 is 48.0 Å². The molecule has 300 valence electrons. The van der Waals surface area contributed by atoms with Gasteiger partial charge in [0.1, 0.15) is 24.7 Å². The number of urea groups is 1. The van der Waals surface area contributed by atoms with Crippen LogP contribution in [-0.2, 0) is 40.1 Å². The van der Waals surface area contributed by atoms with E-state index in [2.05, 4.69) is 21.3 Å². The molecule has 1 aliphatic heterocycles. The van der Waals surface area contributed by atoms with Crippen molar-refractivity contribution in [3.8, 4) is 0 Å². The molecule has 2 rings (SSSR count). The SMILES string of the molecule is CSC1CC(=O)N(CCCCCC(=O)N[C@H](C(=O)N[C@@H](CCCNC(N)=O)C(=O)Nc2ccc(COC(=O)N(C)[C@H](C(N)=O)C(C)C)cc2)C(C)C)C1=O. The summed E-state index contributed by atoms with van der Waals surface area (Å²) in [5, 5.41) is 10.4. The molecule has 1 fully saturated rings. The summed E-state index contributed by atoms with van der Waals surface area (Å²) in [6.07, 6.45) is 3.52. The first kappa shape index (κ1) is 45.3. The molecule has 8 N–H and O–H groups in total. The van der Waals surface area contributed by atoms with E-state index in [0.717, 1.165) is 4.90 Å². The largest absolute Gasteiger partial charge is 0.445 e. The molecule has 1 unspecified atom stereocenters. The zero-order valence-electron chi connectivity index (χ0n) is 32.0. The minimum atomic E-state index is -1.04. The van der Waals surface area contributed by atoms with Crippen LogP contribution in [0.25, 0.3) is 0 Å². The molecule has 0 bridgehead atoms. The molecule has 1 aliphatic rings. The predicted molar refractivity (Wildman–Crippen MR) is 203 cm³/mol. The van der Waals surface area contributed by atoms with Crippen LogP contribution in [0.15, 0.2) is 24.3 Å². The van der Waals surface area contributed by atoms with Gasteiger partial charge in [0, 0.05) is 38.7 Å². The first-order chi connectivity index (χ1) is 25.5. The highest BCUT2D eigenvalue weighted by Gasteiger charge is 2.37. The van der Waals surface area contributed by atoms with Crippen LogP contribution in [0.3, 0.4) is 0 Å². The summed E-state index contributed by atoms with van der Waals surface area (Å²) in [7, 11) is 1.43. The predicted octanol–water partition coefficient (Wildman–Crippen LogP) is 1.83. The average Bonchev–Trinajstić information content (AvgIpc) is 3.38. The molecule has 0 aromatic heterocycles. The number of likely N-dealkylation sites (N-methyl/N-ethyl adjacent to an activating group) is 1. The number of likely N-dealkylation sites (tertiary alicyclic amines) is 1. The number of primary amides is 2. The van der Waals surface area contributed by atoms with E-state index in [0.29, 0.717) is 43.5 Å². The fourth-order valence-electron chi connectivity index (χ4n) is 5.87. The highest BCUT2D eigenvalue weighted by atomic mass is 32.2. The lowest BCUT2D eigenvalue weighted by atomic mass is 10.0. The summed E-state index contributed by atoms with van der Waals surface area (Å²) in [4.78, 5) is 102. The number of nitrogens with zero attached hydrogens (tertiary/aromatic N) is 2. The van der Waals surface area contributed by atoms with Gasteiger partial charge in [-0.05, 0) is 61.5 Å². The lowest BCUT2D eigenvalue weighted by Crippen LogP contribution is -2.54. The number of anilines is 1. The van der Waals surface area contributed by atoms with Crippen LogP contribution in [0.5, 0.6) is 0 Å². The summed E-state index contributed by atoms with van der Waals surface area (Å²) in [6.45, 7) is 7.42. The van der Waals surface area contributed by atoms with Crippen molar-refractivity contribution in [3.63, 3.8) is 0 Å².